The van der Waals surface area contributed by atoms with Gasteiger partial charge in [-0.15, -0.1) is 0 Å². The first-order chi connectivity index (χ1) is 10.6. The van der Waals surface area contributed by atoms with Crippen molar-refractivity contribution < 1.29 is 9.53 Å². The summed E-state index contributed by atoms with van der Waals surface area (Å²) in [5.41, 5.74) is 3.70. The number of hydrogen-bond acceptors (Lipinski definition) is 2. The summed E-state index contributed by atoms with van der Waals surface area (Å²) in [6.45, 7) is 7.30. The molecule has 0 N–H and O–H groups in total. The van der Waals surface area contributed by atoms with Crippen molar-refractivity contribution in [2.24, 2.45) is 0 Å². The van der Waals surface area contributed by atoms with Crippen LogP contribution in [0.15, 0.2) is 72.8 Å². The Hall–Kier alpha value is -2.61. The Morgan fingerprint density at radius 1 is 1.05 bits per heavy atom. The fourth-order valence-electron chi connectivity index (χ4n) is 3.02. The molecule has 2 heteroatoms. The predicted octanol–water partition coefficient (Wildman–Crippen LogP) is 4.61. The SMILES string of the molecule is C=C(C)C(=O)OC1(/C=C/C)c2ccccc2-c2ccccc21. The van der Waals surface area contributed by atoms with Crippen LogP contribution in [0.5, 0.6) is 0 Å². The first kappa shape index (κ1) is 14.3. The van der Waals surface area contributed by atoms with E-state index in [4.69, 9.17) is 4.74 Å². The Morgan fingerprint density at radius 3 is 2.00 bits per heavy atom. The number of ether oxygens (including phenoxy) is 1. The monoisotopic (exact) mass is 290 g/mol. The van der Waals surface area contributed by atoms with Crippen LogP contribution in [0.2, 0.25) is 0 Å². The first-order valence-electron chi connectivity index (χ1n) is 7.32. The highest BCUT2D eigenvalue weighted by atomic mass is 16.6. The third-order valence-corrected chi connectivity index (χ3v) is 3.95. The Balaban J connectivity index is 2.29. The summed E-state index contributed by atoms with van der Waals surface area (Å²) in [6, 6.07) is 16.1. The topological polar surface area (TPSA) is 26.3 Å². The van der Waals surface area contributed by atoms with Crippen molar-refractivity contribution in [3.8, 4) is 11.1 Å². The first-order valence-corrected chi connectivity index (χ1v) is 7.32. The molecule has 0 aromatic heterocycles. The normalized spacial score (nSPS) is 14.5. The maximum Gasteiger partial charge on any atom is 0.334 e. The van der Waals surface area contributed by atoms with Crippen LogP contribution in [0.3, 0.4) is 0 Å². The molecule has 0 unspecified atom stereocenters. The molecule has 1 aliphatic rings. The minimum Gasteiger partial charge on any atom is -0.441 e. The summed E-state index contributed by atoms with van der Waals surface area (Å²) in [5, 5.41) is 0. The molecule has 2 aromatic rings. The summed E-state index contributed by atoms with van der Waals surface area (Å²) in [6.07, 6.45) is 3.86. The van der Waals surface area contributed by atoms with Crippen LogP contribution in [0.1, 0.15) is 25.0 Å². The number of allylic oxidation sites excluding steroid dienone is 1. The second kappa shape index (κ2) is 5.30. The average molecular weight is 290 g/mol. The van der Waals surface area contributed by atoms with Gasteiger partial charge in [0, 0.05) is 16.7 Å². The van der Waals surface area contributed by atoms with E-state index in [1.807, 2.05) is 55.5 Å². The number of benzene rings is 2. The Bertz CT molecular complexity index is 738. The number of carbonyl (C=O) groups excluding carboxylic acids is 1. The Kier molecular flexibility index (Phi) is 3.45. The molecule has 2 nitrogen and oxygen atoms in total. The van der Waals surface area contributed by atoms with Crippen molar-refractivity contribution >= 4 is 5.97 Å². The fourth-order valence-corrected chi connectivity index (χ4v) is 3.02. The molecule has 0 aliphatic heterocycles. The van der Waals surface area contributed by atoms with Gasteiger partial charge in [-0.2, -0.15) is 0 Å². The van der Waals surface area contributed by atoms with Gasteiger partial charge in [0.2, 0.25) is 0 Å². The van der Waals surface area contributed by atoms with Gasteiger partial charge in [0.15, 0.2) is 5.60 Å². The van der Waals surface area contributed by atoms with Gasteiger partial charge in [-0.25, -0.2) is 4.79 Å². The molecular formula is C20H18O2. The van der Waals surface area contributed by atoms with E-state index in [0.29, 0.717) is 5.57 Å². The van der Waals surface area contributed by atoms with Crippen molar-refractivity contribution in [3.05, 3.63) is 84.0 Å². The summed E-state index contributed by atoms with van der Waals surface area (Å²) < 4.78 is 5.93. The van der Waals surface area contributed by atoms with Crippen LogP contribution in [-0.2, 0) is 15.1 Å². The van der Waals surface area contributed by atoms with Gasteiger partial charge in [0.05, 0.1) is 0 Å². The quantitative estimate of drug-likeness (QED) is 0.469. The molecule has 0 heterocycles. The molecule has 0 atom stereocenters. The zero-order valence-electron chi connectivity index (χ0n) is 12.8. The van der Waals surface area contributed by atoms with Gasteiger partial charge in [-0.05, 0) is 31.1 Å². The average Bonchev–Trinajstić information content (AvgIpc) is 2.79. The van der Waals surface area contributed by atoms with E-state index in [-0.39, 0.29) is 5.97 Å². The van der Waals surface area contributed by atoms with Crippen LogP contribution in [-0.4, -0.2) is 5.97 Å². The lowest BCUT2D eigenvalue weighted by Gasteiger charge is -2.28. The molecule has 0 spiro atoms. The van der Waals surface area contributed by atoms with Gasteiger partial charge in [0.1, 0.15) is 0 Å². The molecule has 0 saturated heterocycles. The Morgan fingerprint density at radius 2 is 1.55 bits per heavy atom. The molecular weight excluding hydrogens is 272 g/mol. The maximum atomic E-state index is 12.2. The summed E-state index contributed by atoms with van der Waals surface area (Å²) in [7, 11) is 0. The van der Waals surface area contributed by atoms with Gasteiger partial charge >= 0.3 is 5.97 Å². The number of hydrogen-bond donors (Lipinski definition) is 0. The van der Waals surface area contributed by atoms with Gasteiger partial charge in [0.25, 0.3) is 0 Å². The smallest absolute Gasteiger partial charge is 0.334 e. The Labute approximate surface area is 130 Å². The highest BCUT2D eigenvalue weighted by molar-refractivity contribution is 5.90. The standard InChI is InChI=1S/C20H18O2/c1-4-13-20(22-19(21)14(2)3)17-11-7-5-9-15(17)16-10-6-8-12-18(16)20/h4-13H,2H2,1,3H3/b13-4+. The summed E-state index contributed by atoms with van der Waals surface area (Å²) in [4.78, 5) is 12.2. The van der Waals surface area contributed by atoms with E-state index in [2.05, 4.69) is 18.7 Å². The molecule has 0 amide bonds. The lowest BCUT2D eigenvalue weighted by atomic mass is 9.90. The van der Waals surface area contributed by atoms with E-state index in [1.54, 1.807) is 6.92 Å². The zero-order chi connectivity index (χ0) is 15.7. The van der Waals surface area contributed by atoms with Crippen molar-refractivity contribution in [3.63, 3.8) is 0 Å². The largest absolute Gasteiger partial charge is 0.441 e. The third-order valence-electron chi connectivity index (χ3n) is 3.95. The van der Waals surface area contributed by atoms with Crippen LogP contribution in [0, 0.1) is 0 Å². The number of fused-ring (bicyclic) bond motifs is 3. The van der Waals surface area contributed by atoms with E-state index in [0.717, 1.165) is 22.3 Å². The van der Waals surface area contributed by atoms with Crippen LogP contribution < -0.4 is 0 Å². The highest BCUT2D eigenvalue weighted by Gasteiger charge is 2.44. The number of esters is 1. The lowest BCUT2D eigenvalue weighted by Crippen LogP contribution is -2.30. The second-order valence-electron chi connectivity index (χ2n) is 5.50. The summed E-state index contributed by atoms with van der Waals surface area (Å²) in [5.74, 6) is -0.385. The molecule has 1 aliphatic carbocycles. The van der Waals surface area contributed by atoms with E-state index in [1.165, 1.54) is 0 Å². The number of carbonyl (C=O) groups is 1. The van der Waals surface area contributed by atoms with E-state index in [9.17, 15) is 4.79 Å². The molecule has 3 rings (SSSR count). The molecule has 0 bridgehead atoms. The van der Waals surface area contributed by atoms with Gasteiger partial charge in [-0.3, -0.25) is 0 Å². The van der Waals surface area contributed by atoms with Crippen molar-refractivity contribution in [1.29, 1.82) is 0 Å². The van der Waals surface area contributed by atoms with Gasteiger partial charge < -0.3 is 4.74 Å². The maximum absolute atomic E-state index is 12.2. The van der Waals surface area contributed by atoms with Gasteiger partial charge in [-0.1, -0.05) is 61.2 Å². The van der Waals surface area contributed by atoms with E-state index >= 15 is 0 Å². The van der Waals surface area contributed by atoms with Crippen LogP contribution >= 0.6 is 0 Å². The van der Waals surface area contributed by atoms with Crippen LogP contribution in [0.25, 0.3) is 11.1 Å². The zero-order valence-corrected chi connectivity index (χ0v) is 12.8. The van der Waals surface area contributed by atoms with Crippen molar-refractivity contribution in [2.45, 2.75) is 19.4 Å². The van der Waals surface area contributed by atoms with Crippen molar-refractivity contribution in [2.75, 3.05) is 0 Å². The minimum atomic E-state index is -0.877. The van der Waals surface area contributed by atoms with E-state index < -0.39 is 5.60 Å². The molecule has 0 saturated carbocycles. The van der Waals surface area contributed by atoms with Crippen LogP contribution in [0.4, 0.5) is 0 Å². The molecule has 0 fully saturated rings. The molecule has 0 radical (unpaired) electrons. The second-order valence-corrected chi connectivity index (χ2v) is 5.50. The molecule has 2 aromatic carbocycles. The molecule has 22 heavy (non-hydrogen) atoms. The lowest BCUT2D eigenvalue weighted by molar-refractivity contribution is -0.147. The third kappa shape index (κ3) is 2.00. The molecule has 110 valence electrons. The highest BCUT2D eigenvalue weighted by Crippen LogP contribution is 2.50. The minimum absolute atomic E-state index is 0.385. The van der Waals surface area contributed by atoms with Crippen molar-refractivity contribution in [1.82, 2.24) is 0 Å². The fraction of sp³-hybridized carbons (Fsp3) is 0.150. The number of rotatable bonds is 3. The predicted molar refractivity (Wildman–Crippen MR) is 88.4 cm³/mol. The summed E-state index contributed by atoms with van der Waals surface area (Å²) >= 11 is 0.